The molecule has 1 aliphatic rings. The number of guanidine groups is 1. The Morgan fingerprint density at radius 1 is 1.24 bits per heavy atom. The molecule has 1 aliphatic heterocycles. The summed E-state index contributed by atoms with van der Waals surface area (Å²) in [6.07, 6.45) is 1.17. The van der Waals surface area contributed by atoms with Crippen LogP contribution in [-0.4, -0.2) is 70.5 Å². The Morgan fingerprint density at radius 3 is 2.55 bits per heavy atom. The topological polar surface area (TPSA) is 83.0 Å². The van der Waals surface area contributed by atoms with Gasteiger partial charge >= 0.3 is 0 Å². The predicted octanol–water partition coefficient (Wildman–Crippen LogP) is 1.54. The first-order valence-electron chi connectivity index (χ1n) is 9.91. The first-order chi connectivity index (χ1) is 13.6. The van der Waals surface area contributed by atoms with Crippen LogP contribution in [0.4, 0.5) is 4.39 Å². The van der Waals surface area contributed by atoms with E-state index in [1.165, 1.54) is 24.5 Å². The summed E-state index contributed by atoms with van der Waals surface area (Å²) in [4.78, 5) is 6.93. The molecule has 0 amide bonds. The van der Waals surface area contributed by atoms with Gasteiger partial charge in [-0.1, -0.05) is 6.07 Å². The van der Waals surface area contributed by atoms with Gasteiger partial charge in [0.2, 0.25) is 0 Å². The zero-order valence-electron chi connectivity index (χ0n) is 17.8. The molecule has 1 aromatic rings. The van der Waals surface area contributed by atoms with Crippen molar-refractivity contribution >= 4 is 15.8 Å². The lowest BCUT2D eigenvalue weighted by Gasteiger charge is -2.41. The van der Waals surface area contributed by atoms with E-state index in [9.17, 15) is 12.8 Å². The van der Waals surface area contributed by atoms with Crippen LogP contribution in [0.3, 0.4) is 0 Å². The summed E-state index contributed by atoms with van der Waals surface area (Å²) in [5.74, 6) is 0.0777. The highest BCUT2D eigenvalue weighted by Crippen LogP contribution is 2.17. The number of nitrogens with zero attached hydrogens (tertiary/aromatic N) is 2. The van der Waals surface area contributed by atoms with Gasteiger partial charge in [0.1, 0.15) is 5.82 Å². The molecule has 29 heavy (non-hydrogen) atoms. The summed E-state index contributed by atoms with van der Waals surface area (Å²) < 4.78 is 42.5. The van der Waals surface area contributed by atoms with Crippen molar-refractivity contribution < 1.29 is 17.5 Å². The average Bonchev–Trinajstić information content (AvgIpc) is 2.65. The highest BCUT2D eigenvalue weighted by Gasteiger charge is 2.28. The highest BCUT2D eigenvalue weighted by atomic mass is 32.2. The van der Waals surface area contributed by atoms with E-state index >= 15 is 0 Å². The largest absolute Gasteiger partial charge is 0.379 e. The van der Waals surface area contributed by atoms with Gasteiger partial charge < -0.3 is 15.4 Å². The SMILES string of the molecule is CCNC(=NCc1cc(F)ccc1CS(C)(=O)=O)NCC(C)(C)N1CCOCC1. The summed E-state index contributed by atoms with van der Waals surface area (Å²) in [5.41, 5.74) is 1.06. The van der Waals surface area contributed by atoms with Crippen molar-refractivity contribution in [2.75, 3.05) is 45.6 Å². The van der Waals surface area contributed by atoms with E-state index in [4.69, 9.17) is 4.74 Å². The maximum absolute atomic E-state index is 13.7. The Morgan fingerprint density at radius 2 is 1.93 bits per heavy atom. The Bertz CT molecular complexity index is 806. The third-order valence-corrected chi connectivity index (χ3v) is 5.73. The molecule has 0 radical (unpaired) electrons. The van der Waals surface area contributed by atoms with Gasteiger partial charge in [-0.15, -0.1) is 0 Å². The molecule has 0 spiro atoms. The molecule has 0 unspecified atom stereocenters. The number of benzene rings is 1. The third-order valence-electron chi connectivity index (χ3n) is 4.89. The molecule has 164 valence electrons. The van der Waals surface area contributed by atoms with E-state index < -0.39 is 15.7 Å². The molecule has 0 atom stereocenters. The van der Waals surface area contributed by atoms with Crippen molar-refractivity contribution in [3.05, 3.63) is 35.1 Å². The van der Waals surface area contributed by atoms with Crippen molar-refractivity contribution in [1.82, 2.24) is 15.5 Å². The number of aliphatic imine (C=N–C) groups is 1. The number of sulfone groups is 1. The average molecular weight is 429 g/mol. The van der Waals surface area contributed by atoms with Crippen LogP contribution in [0, 0.1) is 5.82 Å². The van der Waals surface area contributed by atoms with Crippen molar-refractivity contribution in [3.63, 3.8) is 0 Å². The van der Waals surface area contributed by atoms with Crippen LogP contribution in [0.1, 0.15) is 31.9 Å². The number of hydrogen-bond donors (Lipinski definition) is 2. The molecule has 2 N–H and O–H groups in total. The molecule has 0 aromatic heterocycles. The van der Waals surface area contributed by atoms with Crippen LogP contribution in [0.15, 0.2) is 23.2 Å². The number of ether oxygens (including phenoxy) is 1. The maximum Gasteiger partial charge on any atom is 0.191 e. The molecule has 1 fully saturated rings. The van der Waals surface area contributed by atoms with E-state index in [0.29, 0.717) is 30.2 Å². The minimum atomic E-state index is -3.22. The van der Waals surface area contributed by atoms with Crippen LogP contribution >= 0.6 is 0 Å². The minimum absolute atomic E-state index is 0.0831. The molecule has 0 bridgehead atoms. The Kier molecular flexibility index (Phi) is 8.42. The maximum atomic E-state index is 13.7. The molecule has 0 aliphatic carbocycles. The Hall–Kier alpha value is -1.71. The van der Waals surface area contributed by atoms with Gasteiger partial charge in [-0.05, 0) is 44.0 Å². The van der Waals surface area contributed by atoms with E-state index in [2.05, 4.69) is 34.4 Å². The zero-order chi connectivity index (χ0) is 21.5. The normalized spacial score (nSPS) is 16.7. The summed E-state index contributed by atoms with van der Waals surface area (Å²) in [6.45, 7) is 11.1. The standard InChI is InChI=1S/C20H33FN4O3S/c1-5-22-19(24-15-20(2,3)25-8-10-28-11-9-25)23-13-17-12-18(21)7-6-16(17)14-29(4,26)27/h6-7,12H,5,8-11,13-15H2,1-4H3,(H2,22,23,24). The molecule has 2 rings (SSSR count). The van der Waals surface area contributed by atoms with Gasteiger partial charge in [0.05, 0.1) is 25.5 Å². The Labute approximate surface area is 173 Å². The van der Waals surface area contributed by atoms with Gasteiger partial charge in [-0.2, -0.15) is 0 Å². The molecule has 1 heterocycles. The molecule has 7 nitrogen and oxygen atoms in total. The first kappa shape index (κ1) is 23.6. The van der Waals surface area contributed by atoms with Gasteiger partial charge in [0, 0.05) is 38.0 Å². The lowest BCUT2D eigenvalue weighted by molar-refractivity contribution is -0.00834. The predicted molar refractivity (Wildman–Crippen MR) is 114 cm³/mol. The molecule has 0 saturated carbocycles. The first-order valence-corrected chi connectivity index (χ1v) is 12.0. The minimum Gasteiger partial charge on any atom is -0.379 e. The van der Waals surface area contributed by atoms with E-state index in [1.807, 2.05) is 6.92 Å². The molecule has 1 saturated heterocycles. The van der Waals surface area contributed by atoms with Crippen LogP contribution in [0.25, 0.3) is 0 Å². The monoisotopic (exact) mass is 428 g/mol. The van der Waals surface area contributed by atoms with E-state index in [-0.39, 0.29) is 17.8 Å². The lowest BCUT2D eigenvalue weighted by Crippen LogP contribution is -2.56. The second kappa shape index (κ2) is 10.4. The summed E-state index contributed by atoms with van der Waals surface area (Å²) in [6, 6.07) is 4.15. The van der Waals surface area contributed by atoms with Crippen LogP contribution in [0.2, 0.25) is 0 Å². The number of morpholine rings is 1. The number of halogens is 1. The fraction of sp³-hybridized carbons (Fsp3) is 0.650. The Balaban J connectivity index is 2.09. The van der Waals surface area contributed by atoms with Crippen molar-refractivity contribution in [1.29, 1.82) is 0 Å². The quantitative estimate of drug-likeness (QED) is 0.483. The zero-order valence-corrected chi connectivity index (χ0v) is 18.6. The number of rotatable bonds is 8. The second-order valence-corrected chi connectivity index (χ2v) is 10.1. The van der Waals surface area contributed by atoms with E-state index in [1.54, 1.807) is 0 Å². The second-order valence-electron chi connectivity index (χ2n) is 7.94. The molecular weight excluding hydrogens is 395 g/mol. The number of nitrogens with one attached hydrogen (secondary N) is 2. The van der Waals surface area contributed by atoms with Crippen molar-refractivity contribution in [2.24, 2.45) is 4.99 Å². The van der Waals surface area contributed by atoms with Crippen molar-refractivity contribution in [3.8, 4) is 0 Å². The third kappa shape index (κ3) is 7.91. The van der Waals surface area contributed by atoms with Gasteiger partial charge in [-0.3, -0.25) is 4.90 Å². The molecule has 1 aromatic carbocycles. The number of hydrogen-bond acceptors (Lipinski definition) is 5. The summed E-state index contributed by atoms with van der Waals surface area (Å²) >= 11 is 0. The van der Waals surface area contributed by atoms with E-state index in [0.717, 1.165) is 26.3 Å². The van der Waals surface area contributed by atoms with Crippen LogP contribution < -0.4 is 10.6 Å². The summed E-state index contributed by atoms with van der Waals surface area (Å²) in [7, 11) is -3.22. The fourth-order valence-corrected chi connectivity index (χ4v) is 4.10. The van der Waals surface area contributed by atoms with Crippen molar-refractivity contribution in [2.45, 2.75) is 38.6 Å². The molecular formula is C20H33FN4O3S. The smallest absolute Gasteiger partial charge is 0.191 e. The molecule has 9 heteroatoms. The van der Waals surface area contributed by atoms with Crippen LogP contribution in [0.5, 0.6) is 0 Å². The van der Waals surface area contributed by atoms with Gasteiger partial charge in [-0.25, -0.2) is 17.8 Å². The van der Waals surface area contributed by atoms with Crippen LogP contribution in [-0.2, 0) is 26.9 Å². The van der Waals surface area contributed by atoms with Gasteiger partial charge in [0.25, 0.3) is 0 Å². The fourth-order valence-electron chi connectivity index (χ4n) is 3.25. The lowest BCUT2D eigenvalue weighted by atomic mass is 10.0. The summed E-state index contributed by atoms with van der Waals surface area (Å²) in [5, 5.41) is 6.55. The van der Waals surface area contributed by atoms with Gasteiger partial charge in [0.15, 0.2) is 15.8 Å². The highest BCUT2D eigenvalue weighted by molar-refractivity contribution is 7.89.